The van der Waals surface area contributed by atoms with Gasteiger partial charge in [0.15, 0.2) is 0 Å². The number of carbonyl (C=O) groups excluding carboxylic acids is 3. The fourth-order valence-corrected chi connectivity index (χ4v) is 6.08. The Morgan fingerprint density at radius 2 is 1.90 bits per heavy atom. The molecule has 0 N–H and O–H groups in total. The van der Waals surface area contributed by atoms with Crippen LogP contribution in [0.4, 0.5) is 5.69 Å². The fourth-order valence-electron chi connectivity index (χ4n) is 5.18. The van der Waals surface area contributed by atoms with Crippen molar-refractivity contribution in [3.8, 4) is 0 Å². The lowest BCUT2D eigenvalue weighted by molar-refractivity contribution is -0.135. The fraction of sp³-hybridized carbons (Fsp3) is 0.609. The van der Waals surface area contributed by atoms with Crippen molar-refractivity contribution >= 4 is 35.2 Å². The van der Waals surface area contributed by atoms with Crippen LogP contribution in [0, 0.1) is 5.92 Å². The first-order valence-electron chi connectivity index (χ1n) is 11.4. The molecule has 3 saturated heterocycles. The molecule has 3 amide bonds. The monoisotopic (exact) mass is 443 g/mol. The maximum Gasteiger partial charge on any atom is 0.263 e. The molecule has 0 spiro atoms. The highest BCUT2D eigenvalue weighted by molar-refractivity contribution is 7.99. The summed E-state index contributed by atoms with van der Waals surface area (Å²) in [6.45, 7) is 4.06. The number of carbonyl (C=O) groups is 3. The van der Waals surface area contributed by atoms with E-state index >= 15 is 0 Å². The van der Waals surface area contributed by atoms with E-state index in [1.54, 1.807) is 6.07 Å². The number of piperidine rings is 1. The Kier molecular flexibility index (Phi) is 5.93. The van der Waals surface area contributed by atoms with E-state index in [2.05, 4.69) is 4.90 Å². The van der Waals surface area contributed by atoms with Gasteiger partial charge in [-0.15, -0.1) is 0 Å². The van der Waals surface area contributed by atoms with Crippen LogP contribution in [0.25, 0.3) is 0 Å². The number of ether oxygens (including phenoxy) is 1. The van der Waals surface area contributed by atoms with E-state index in [-0.39, 0.29) is 29.7 Å². The minimum atomic E-state index is -0.229. The Labute approximate surface area is 187 Å². The lowest BCUT2D eigenvalue weighted by atomic mass is 9.94. The lowest BCUT2D eigenvalue weighted by Gasteiger charge is -2.37. The third-order valence-electron chi connectivity index (χ3n) is 6.82. The highest BCUT2D eigenvalue weighted by atomic mass is 32.2. The molecule has 0 unspecified atom stereocenters. The van der Waals surface area contributed by atoms with Gasteiger partial charge in [-0.1, -0.05) is 6.07 Å². The average molecular weight is 444 g/mol. The molecule has 7 nitrogen and oxygen atoms in total. The van der Waals surface area contributed by atoms with E-state index < -0.39 is 0 Å². The first-order chi connectivity index (χ1) is 15.1. The molecule has 0 radical (unpaired) electrons. The molecule has 0 saturated carbocycles. The normalized spacial score (nSPS) is 26.5. The van der Waals surface area contributed by atoms with Gasteiger partial charge in [-0.05, 0) is 37.8 Å². The molecule has 4 aliphatic heterocycles. The number of amides is 3. The zero-order valence-electron chi connectivity index (χ0n) is 17.8. The Morgan fingerprint density at radius 1 is 1.06 bits per heavy atom. The second-order valence-electron chi connectivity index (χ2n) is 8.78. The van der Waals surface area contributed by atoms with Crippen molar-refractivity contribution < 1.29 is 19.1 Å². The van der Waals surface area contributed by atoms with E-state index in [1.807, 2.05) is 28.8 Å². The largest absolute Gasteiger partial charge is 0.376 e. The lowest BCUT2D eigenvalue weighted by Crippen LogP contribution is -2.47. The average Bonchev–Trinajstić information content (AvgIpc) is 3.42. The maximum absolute atomic E-state index is 13.3. The summed E-state index contributed by atoms with van der Waals surface area (Å²) in [5.74, 6) is 1.74. The minimum absolute atomic E-state index is 0.0529. The summed E-state index contributed by atoms with van der Waals surface area (Å²) in [5.41, 5.74) is 1.76. The summed E-state index contributed by atoms with van der Waals surface area (Å²) in [6.07, 6.45) is 3.57. The molecule has 3 fully saturated rings. The highest BCUT2D eigenvalue weighted by Gasteiger charge is 2.41. The van der Waals surface area contributed by atoms with E-state index in [1.165, 1.54) is 4.90 Å². The second kappa shape index (κ2) is 8.82. The van der Waals surface area contributed by atoms with Gasteiger partial charge in [0.05, 0.1) is 35.4 Å². The van der Waals surface area contributed by atoms with Gasteiger partial charge in [0.1, 0.15) is 0 Å². The van der Waals surface area contributed by atoms with Crippen LogP contribution in [0.1, 0.15) is 46.4 Å². The van der Waals surface area contributed by atoms with E-state index in [4.69, 9.17) is 4.74 Å². The van der Waals surface area contributed by atoms with Crippen molar-refractivity contribution in [2.75, 3.05) is 55.7 Å². The third-order valence-corrected chi connectivity index (χ3v) is 7.76. The Morgan fingerprint density at radius 3 is 2.68 bits per heavy atom. The molecule has 1 aromatic rings. The SMILES string of the molecule is O=C([C@@H]1CCCN(c2cccc3c2C(=O)N(C[C@H]2CCCO2)C3=O)C1)N1CCSCC1. The molecule has 0 bridgehead atoms. The molecule has 2 atom stereocenters. The first kappa shape index (κ1) is 20.8. The summed E-state index contributed by atoms with van der Waals surface area (Å²) in [4.78, 5) is 44.8. The molecule has 0 aromatic heterocycles. The van der Waals surface area contributed by atoms with Gasteiger partial charge in [-0.2, -0.15) is 11.8 Å². The predicted octanol–water partition coefficient (Wildman–Crippen LogP) is 2.25. The molecule has 1 aromatic carbocycles. The molecular formula is C23H29N3O4S. The number of anilines is 1. The standard InChI is InChI=1S/C23H29N3O4S/c27-21(24-9-12-31-13-10-24)16-4-2-8-25(14-16)19-7-1-6-18-20(19)23(29)26(22(18)28)15-17-5-3-11-30-17/h1,6-7,16-17H,2-5,8-15H2/t16-,17-/m1/s1. The van der Waals surface area contributed by atoms with Crippen molar-refractivity contribution in [1.29, 1.82) is 0 Å². The van der Waals surface area contributed by atoms with Crippen molar-refractivity contribution in [2.24, 2.45) is 5.92 Å². The Bertz CT molecular complexity index is 880. The molecule has 0 aliphatic carbocycles. The number of benzene rings is 1. The van der Waals surface area contributed by atoms with Gasteiger partial charge in [0, 0.05) is 44.3 Å². The second-order valence-corrected chi connectivity index (χ2v) is 10.0. The summed E-state index contributed by atoms with van der Waals surface area (Å²) in [6, 6.07) is 5.51. The van der Waals surface area contributed by atoms with E-state index in [0.717, 1.165) is 62.5 Å². The van der Waals surface area contributed by atoms with Gasteiger partial charge in [-0.25, -0.2) is 0 Å². The summed E-state index contributed by atoms with van der Waals surface area (Å²) < 4.78 is 5.65. The van der Waals surface area contributed by atoms with Crippen LogP contribution >= 0.6 is 11.8 Å². The summed E-state index contributed by atoms with van der Waals surface area (Å²) >= 11 is 1.90. The van der Waals surface area contributed by atoms with Crippen LogP contribution in [0.5, 0.6) is 0 Å². The highest BCUT2D eigenvalue weighted by Crippen LogP contribution is 2.35. The number of hydrogen-bond acceptors (Lipinski definition) is 6. The van der Waals surface area contributed by atoms with Crippen molar-refractivity contribution in [3.05, 3.63) is 29.3 Å². The van der Waals surface area contributed by atoms with E-state index in [0.29, 0.717) is 30.8 Å². The minimum Gasteiger partial charge on any atom is -0.376 e. The quantitative estimate of drug-likeness (QED) is 0.665. The van der Waals surface area contributed by atoms with Crippen LogP contribution in [0.3, 0.4) is 0 Å². The molecule has 8 heteroatoms. The summed E-state index contributed by atoms with van der Waals surface area (Å²) in [7, 11) is 0. The smallest absolute Gasteiger partial charge is 0.263 e. The molecule has 5 rings (SSSR count). The van der Waals surface area contributed by atoms with Gasteiger partial charge >= 0.3 is 0 Å². The van der Waals surface area contributed by atoms with Crippen LogP contribution in [0.15, 0.2) is 18.2 Å². The number of nitrogens with zero attached hydrogens (tertiary/aromatic N) is 3. The van der Waals surface area contributed by atoms with Gasteiger partial charge < -0.3 is 14.5 Å². The molecular weight excluding hydrogens is 414 g/mol. The van der Waals surface area contributed by atoms with Crippen molar-refractivity contribution in [2.45, 2.75) is 31.8 Å². The summed E-state index contributed by atoms with van der Waals surface area (Å²) in [5, 5.41) is 0. The maximum atomic E-state index is 13.3. The van der Waals surface area contributed by atoms with Gasteiger partial charge in [0.25, 0.3) is 11.8 Å². The first-order valence-corrected chi connectivity index (χ1v) is 12.5. The van der Waals surface area contributed by atoms with Crippen molar-refractivity contribution in [1.82, 2.24) is 9.80 Å². The number of rotatable bonds is 4. The number of hydrogen-bond donors (Lipinski definition) is 0. The number of fused-ring (bicyclic) bond motifs is 1. The number of imide groups is 1. The zero-order valence-corrected chi connectivity index (χ0v) is 18.6. The zero-order chi connectivity index (χ0) is 21.4. The number of thioether (sulfide) groups is 1. The van der Waals surface area contributed by atoms with Crippen molar-refractivity contribution in [3.63, 3.8) is 0 Å². The van der Waals surface area contributed by atoms with Gasteiger partial charge in [0.2, 0.25) is 5.91 Å². The third kappa shape index (κ3) is 3.96. The predicted molar refractivity (Wildman–Crippen MR) is 120 cm³/mol. The topological polar surface area (TPSA) is 70.2 Å². The van der Waals surface area contributed by atoms with Crippen LogP contribution < -0.4 is 4.90 Å². The van der Waals surface area contributed by atoms with Crippen LogP contribution in [0.2, 0.25) is 0 Å². The Balaban J connectivity index is 1.35. The molecule has 4 heterocycles. The van der Waals surface area contributed by atoms with Crippen LogP contribution in [-0.2, 0) is 9.53 Å². The van der Waals surface area contributed by atoms with E-state index in [9.17, 15) is 14.4 Å². The Hall–Kier alpha value is -2.06. The van der Waals surface area contributed by atoms with Crippen LogP contribution in [-0.4, -0.2) is 84.5 Å². The molecule has 4 aliphatic rings. The molecule has 31 heavy (non-hydrogen) atoms. The molecule has 166 valence electrons. The van der Waals surface area contributed by atoms with Gasteiger partial charge in [-0.3, -0.25) is 19.3 Å².